The van der Waals surface area contributed by atoms with Gasteiger partial charge in [0.05, 0.1) is 12.7 Å². The lowest BCUT2D eigenvalue weighted by atomic mass is 9.93. The van der Waals surface area contributed by atoms with E-state index in [1.165, 1.54) is 0 Å². The first-order valence-electron chi connectivity index (χ1n) is 9.29. The molecular weight excluding hydrogens is 344 g/mol. The van der Waals surface area contributed by atoms with Crippen LogP contribution in [0.25, 0.3) is 0 Å². The highest BCUT2D eigenvalue weighted by Gasteiger charge is 2.45. The van der Waals surface area contributed by atoms with Crippen LogP contribution in [-0.2, 0) is 9.53 Å². The quantitative estimate of drug-likeness (QED) is 0.837. The fraction of sp³-hybridized carbons (Fsp3) is 0.450. The fourth-order valence-electron chi connectivity index (χ4n) is 3.77. The number of carbonyl (C=O) groups excluding carboxylic acids is 1. The van der Waals surface area contributed by atoms with Gasteiger partial charge < -0.3 is 19.7 Å². The molecule has 2 saturated heterocycles. The molecule has 142 valence electrons. The summed E-state index contributed by atoms with van der Waals surface area (Å²) < 4.78 is 11.6. The van der Waals surface area contributed by atoms with Crippen LogP contribution in [0.2, 0.25) is 0 Å². The maximum atomic E-state index is 12.6. The summed E-state index contributed by atoms with van der Waals surface area (Å²) in [7, 11) is 0. The first kappa shape index (κ1) is 17.7. The smallest absolute Gasteiger partial charge is 0.260 e. The lowest BCUT2D eigenvalue weighted by Crippen LogP contribution is -2.35. The van der Waals surface area contributed by atoms with Gasteiger partial charge in [0.2, 0.25) is 5.95 Å². The van der Waals surface area contributed by atoms with E-state index >= 15 is 0 Å². The molecule has 1 aromatic carbocycles. The second-order valence-electron chi connectivity index (χ2n) is 7.10. The minimum absolute atomic E-state index is 0.00866. The van der Waals surface area contributed by atoms with Crippen LogP contribution in [0.3, 0.4) is 0 Å². The Bertz CT molecular complexity index is 786. The Hall–Kier alpha value is -2.67. The second kappa shape index (κ2) is 7.92. The standard InChI is InChI=1S/C20H24N4O3/c1-14-5-2-3-6-17(14)27-13-19(25)24-10-16-15(12-26-18(16)11-24)9-23-20-21-7-4-8-22-20/h2-8,15-16,18H,9-13H2,1H3,(H,21,22,23)/t15-,16+,18+/m1/s1. The van der Waals surface area contributed by atoms with Gasteiger partial charge in [-0.2, -0.15) is 0 Å². The van der Waals surface area contributed by atoms with Gasteiger partial charge in [-0.3, -0.25) is 4.79 Å². The van der Waals surface area contributed by atoms with E-state index in [0.29, 0.717) is 37.5 Å². The fourth-order valence-corrected chi connectivity index (χ4v) is 3.77. The van der Waals surface area contributed by atoms with Crippen molar-refractivity contribution in [3.63, 3.8) is 0 Å². The molecule has 3 atom stereocenters. The topological polar surface area (TPSA) is 76.6 Å². The molecule has 3 heterocycles. The van der Waals surface area contributed by atoms with Crippen LogP contribution in [0, 0.1) is 18.8 Å². The molecule has 0 spiro atoms. The van der Waals surface area contributed by atoms with Crippen LogP contribution in [0.1, 0.15) is 5.56 Å². The zero-order chi connectivity index (χ0) is 18.6. The zero-order valence-corrected chi connectivity index (χ0v) is 15.4. The third-order valence-electron chi connectivity index (χ3n) is 5.32. The third-order valence-corrected chi connectivity index (χ3v) is 5.32. The van der Waals surface area contributed by atoms with Crippen molar-refractivity contribution in [1.82, 2.24) is 14.9 Å². The van der Waals surface area contributed by atoms with Gasteiger partial charge in [-0.15, -0.1) is 0 Å². The number of anilines is 1. The van der Waals surface area contributed by atoms with E-state index in [1.807, 2.05) is 36.1 Å². The second-order valence-corrected chi connectivity index (χ2v) is 7.10. The van der Waals surface area contributed by atoms with Crippen molar-refractivity contribution in [3.8, 4) is 5.75 Å². The number of ether oxygens (including phenoxy) is 2. The van der Waals surface area contributed by atoms with Crippen LogP contribution < -0.4 is 10.1 Å². The average Bonchev–Trinajstić information content (AvgIpc) is 3.27. The number of hydrogen-bond donors (Lipinski definition) is 1. The molecule has 0 radical (unpaired) electrons. The molecule has 1 amide bonds. The Balaban J connectivity index is 1.28. The molecule has 0 unspecified atom stereocenters. The van der Waals surface area contributed by atoms with E-state index in [9.17, 15) is 4.79 Å². The molecule has 0 aliphatic carbocycles. The number of nitrogens with zero attached hydrogens (tertiary/aromatic N) is 3. The predicted molar refractivity (Wildman–Crippen MR) is 100 cm³/mol. The average molecular weight is 368 g/mol. The highest BCUT2D eigenvalue weighted by molar-refractivity contribution is 5.78. The molecular formula is C20H24N4O3. The summed E-state index contributed by atoms with van der Waals surface area (Å²) in [5.41, 5.74) is 1.03. The highest BCUT2D eigenvalue weighted by Crippen LogP contribution is 2.33. The summed E-state index contributed by atoms with van der Waals surface area (Å²) in [5.74, 6) is 2.07. The number of amides is 1. The number of likely N-dealkylation sites (tertiary alicyclic amines) is 1. The molecule has 1 N–H and O–H groups in total. The number of aromatic nitrogens is 2. The van der Waals surface area contributed by atoms with Gasteiger partial charge in [-0.25, -0.2) is 9.97 Å². The summed E-state index contributed by atoms with van der Waals surface area (Å²) in [4.78, 5) is 22.8. The summed E-state index contributed by atoms with van der Waals surface area (Å²) in [6, 6.07) is 9.52. The van der Waals surface area contributed by atoms with Gasteiger partial charge in [0.15, 0.2) is 6.61 Å². The molecule has 7 nitrogen and oxygen atoms in total. The number of hydrogen-bond acceptors (Lipinski definition) is 6. The monoisotopic (exact) mass is 368 g/mol. The van der Waals surface area contributed by atoms with E-state index in [1.54, 1.807) is 18.5 Å². The molecule has 0 saturated carbocycles. The zero-order valence-electron chi connectivity index (χ0n) is 15.4. The van der Waals surface area contributed by atoms with Gasteiger partial charge >= 0.3 is 0 Å². The molecule has 27 heavy (non-hydrogen) atoms. The van der Waals surface area contributed by atoms with Crippen LogP contribution >= 0.6 is 0 Å². The maximum absolute atomic E-state index is 12.6. The number of carbonyl (C=O) groups is 1. The molecule has 2 aromatic rings. The number of rotatable bonds is 6. The minimum Gasteiger partial charge on any atom is -0.484 e. The highest BCUT2D eigenvalue weighted by atomic mass is 16.5. The molecule has 2 aliphatic rings. The normalized spacial score (nSPS) is 23.9. The number of para-hydroxylation sites is 1. The molecule has 7 heteroatoms. The third kappa shape index (κ3) is 4.03. The van der Waals surface area contributed by atoms with E-state index in [-0.39, 0.29) is 18.6 Å². The van der Waals surface area contributed by atoms with Gasteiger partial charge in [0.1, 0.15) is 5.75 Å². The SMILES string of the molecule is Cc1ccccc1OCC(=O)N1C[C@H]2[C@H](CNc3ncccn3)CO[C@H]2C1. The van der Waals surface area contributed by atoms with Crippen molar-refractivity contribution in [1.29, 1.82) is 0 Å². The van der Waals surface area contributed by atoms with Crippen LogP contribution in [-0.4, -0.2) is 59.7 Å². The van der Waals surface area contributed by atoms with E-state index < -0.39 is 0 Å². The van der Waals surface area contributed by atoms with Gasteiger partial charge in [-0.1, -0.05) is 18.2 Å². The Kier molecular flexibility index (Phi) is 5.20. The summed E-state index contributed by atoms with van der Waals surface area (Å²) >= 11 is 0. The Morgan fingerprint density at radius 1 is 1.26 bits per heavy atom. The van der Waals surface area contributed by atoms with Crippen LogP contribution in [0.4, 0.5) is 5.95 Å². The lowest BCUT2D eigenvalue weighted by molar-refractivity contribution is -0.133. The molecule has 1 aromatic heterocycles. The van der Waals surface area contributed by atoms with Crippen molar-refractivity contribution in [3.05, 3.63) is 48.3 Å². The Morgan fingerprint density at radius 2 is 2.07 bits per heavy atom. The van der Waals surface area contributed by atoms with Crippen molar-refractivity contribution in [2.24, 2.45) is 11.8 Å². The Morgan fingerprint density at radius 3 is 2.89 bits per heavy atom. The first-order chi connectivity index (χ1) is 13.2. The molecule has 0 bridgehead atoms. The molecule has 4 rings (SSSR count). The lowest BCUT2D eigenvalue weighted by Gasteiger charge is -2.20. The van der Waals surface area contributed by atoms with Crippen molar-refractivity contribution in [2.75, 3.05) is 38.2 Å². The van der Waals surface area contributed by atoms with Crippen molar-refractivity contribution in [2.45, 2.75) is 13.0 Å². The molecule has 2 aliphatic heterocycles. The first-order valence-corrected chi connectivity index (χ1v) is 9.29. The van der Waals surface area contributed by atoms with Crippen LogP contribution in [0.5, 0.6) is 5.75 Å². The number of nitrogens with one attached hydrogen (secondary N) is 1. The summed E-state index contributed by atoms with van der Waals surface area (Å²) in [6.07, 6.45) is 3.54. The van der Waals surface area contributed by atoms with Gasteiger partial charge in [-0.05, 0) is 24.6 Å². The summed E-state index contributed by atoms with van der Waals surface area (Å²) in [6.45, 7) is 4.83. The van der Waals surface area contributed by atoms with Crippen molar-refractivity contribution >= 4 is 11.9 Å². The van der Waals surface area contributed by atoms with E-state index in [0.717, 1.165) is 17.9 Å². The van der Waals surface area contributed by atoms with Gasteiger partial charge in [0, 0.05) is 43.9 Å². The van der Waals surface area contributed by atoms with Crippen molar-refractivity contribution < 1.29 is 14.3 Å². The van der Waals surface area contributed by atoms with E-state index in [4.69, 9.17) is 9.47 Å². The Labute approximate surface area is 158 Å². The maximum Gasteiger partial charge on any atom is 0.260 e. The predicted octanol–water partition coefficient (Wildman–Crippen LogP) is 1.75. The summed E-state index contributed by atoms with van der Waals surface area (Å²) in [5, 5.41) is 3.27. The van der Waals surface area contributed by atoms with E-state index in [2.05, 4.69) is 15.3 Å². The number of aryl methyl sites for hydroxylation is 1. The number of fused-ring (bicyclic) bond motifs is 1. The largest absolute Gasteiger partial charge is 0.484 e. The number of benzene rings is 1. The van der Waals surface area contributed by atoms with Crippen LogP contribution in [0.15, 0.2) is 42.7 Å². The minimum atomic E-state index is 0.00866. The van der Waals surface area contributed by atoms with Gasteiger partial charge in [0.25, 0.3) is 5.91 Å². The molecule has 2 fully saturated rings.